The zero-order valence-electron chi connectivity index (χ0n) is 28.9. The van der Waals surface area contributed by atoms with Crippen molar-refractivity contribution in [3.8, 4) is 33.5 Å². The van der Waals surface area contributed by atoms with Crippen LogP contribution in [-0.2, 0) is 7.05 Å². The molecule has 0 radical (unpaired) electrons. The fourth-order valence-electron chi connectivity index (χ4n) is 4.85. The minimum absolute atomic E-state index is 0.136. The van der Waals surface area contributed by atoms with Crippen molar-refractivity contribution in [1.82, 2.24) is 4.98 Å². The summed E-state index contributed by atoms with van der Waals surface area (Å²) >= 11 is 0. The Bertz CT molecular complexity index is 2090. The molecule has 0 amide bonds. The van der Waals surface area contributed by atoms with Gasteiger partial charge in [-0.05, 0) is 67.9 Å². The number of hydrogen-bond acceptors (Lipinski definition) is 2. The summed E-state index contributed by atoms with van der Waals surface area (Å²) in [5.74, 6) is 0. The summed E-state index contributed by atoms with van der Waals surface area (Å²) in [4.78, 5) is 4.46. The molecule has 0 aliphatic heterocycles. The molecular formula is C33H29N2O+. The number of aromatic nitrogens is 2. The van der Waals surface area contributed by atoms with Gasteiger partial charge in [-0.25, -0.2) is 4.57 Å². The minimum Gasteiger partial charge on any atom is -0.454 e. The van der Waals surface area contributed by atoms with Crippen molar-refractivity contribution >= 4 is 21.9 Å². The van der Waals surface area contributed by atoms with Crippen LogP contribution in [0.25, 0.3) is 55.4 Å². The van der Waals surface area contributed by atoms with Crippen molar-refractivity contribution < 1.29 is 21.3 Å². The van der Waals surface area contributed by atoms with Gasteiger partial charge in [-0.1, -0.05) is 42.5 Å². The summed E-state index contributed by atoms with van der Waals surface area (Å²) in [6, 6.07) is 20.0. The Labute approximate surface area is 224 Å². The third-order valence-corrected chi connectivity index (χ3v) is 6.64. The predicted molar refractivity (Wildman–Crippen MR) is 148 cm³/mol. The van der Waals surface area contributed by atoms with Crippen molar-refractivity contribution in [2.45, 2.75) is 27.5 Å². The van der Waals surface area contributed by atoms with Gasteiger partial charge in [-0.3, -0.25) is 4.98 Å². The highest BCUT2D eigenvalue weighted by atomic mass is 16.3. The Morgan fingerprint density at radius 1 is 0.750 bits per heavy atom. The fourth-order valence-corrected chi connectivity index (χ4v) is 4.85. The Balaban J connectivity index is 1.68. The van der Waals surface area contributed by atoms with E-state index >= 15 is 0 Å². The van der Waals surface area contributed by atoms with E-state index in [1.807, 2.05) is 55.5 Å². The van der Waals surface area contributed by atoms with Crippen LogP contribution in [0, 0.1) is 27.5 Å². The van der Waals surface area contributed by atoms with Gasteiger partial charge in [0.05, 0.1) is 5.56 Å². The monoisotopic (exact) mass is 478 g/mol. The smallest absolute Gasteiger partial charge is 0.216 e. The van der Waals surface area contributed by atoms with Gasteiger partial charge in [-0.15, -0.1) is 0 Å². The van der Waals surface area contributed by atoms with Crippen molar-refractivity contribution in [3.05, 3.63) is 108 Å². The molecule has 0 bridgehead atoms. The topological polar surface area (TPSA) is 29.9 Å². The molecule has 0 fully saturated rings. The zero-order chi connectivity index (χ0) is 32.5. The number of benzene rings is 3. The summed E-state index contributed by atoms with van der Waals surface area (Å²) in [6.07, 6.45) is 4.75. The maximum atomic E-state index is 8.22. The first-order valence-corrected chi connectivity index (χ1v) is 11.6. The number of furan rings is 1. The molecule has 6 aromatic rings. The van der Waals surface area contributed by atoms with E-state index in [0.29, 0.717) is 44.3 Å². The highest BCUT2D eigenvalue weighted by molar-refractivity contribution is 6.13. The molecule has 0 atom stereocenters. The van der Waals surface area contributed by atoms with E-state index in [-0.39, 0.29) is 16.7 Å². The molecule has 0 aliphatic rings. The summed E-state index contributed by atoms with van der Waals surface area (Å²) in [7, 11) is 1.66. The van der Waals surface area contributed by atoms with Gasteiger partial charge in [0.2, 0.25) is 5.69 Å². The molecule has 3 nitrogen and oxygen atoms in total. The fraction of sp³-hybridized carbons (Fsp3) is 0.152. The van der Waals surface area contributed by atoms with Crippen molar-refractivity contribution in [2.24, 2.45) is 7.05 Å². The number of hydrogen-bond donors (Lipinski definition) is 0. The highest BCUT2D eigenvalue weighted by Crippen LogP contribution is 2.41. The molecule has 3 heterocycles. The molecule has 0 saturated heterocycles. The normalized spacial score (nSPS) is 16.2. The third-order valence-electron chi connectivity index (χ3n) is 6.64. The van der Waals surface area contributed by atoms with Crippen molar-refractivity contribution in [3.63, 3.8) is 0 Å². The summed E-state index contributed by atoms with van der Waals surface area (Å²) in [5.41, 5.74) is 5.31. The number of rotatable bonds is 3. The number of nitrogens with zero attached hydrogens (tertiary/aromatic N) is 2. The van der Waals surface area contributed by atoms with Crippen molar-refractivity contribution in [2.75, 3.05) is 0 Å². The molecule has 176 valence electrons. The lowest BCUT2D eigenvalue weighted by molar-refractivity contribution is -0.660. The zero-order valence-corrected chi connectivity index (χ0v) is 19.9. The predicted octanol–water partition coefficient (Wildman–Crippen LogP) is 8.04. The first-order valence-electron chi connectivity index (χ1n) is 16.1. The van der Waals surface area contributed by atoms with Crippen LogP contribution in [0.1, 0.15) is 34.6 Å². The molecule has 36 heavy (non-hydrogen) atoms. The van der Waals surface area contributed by atoms with E-state index in [0.717, 1.165) is 16.7 Å². The second-order valence-corrected chi connectivity index (χ2v) is 9.06. The molecule has 0 N–H and O–H groups in total. The van der Waals surface area contributed by atoms with Crippen LogP contribution >= 0.6 is 0 Å². The van der Waals surface area contributed by atoms with E-state index in [1.54, 1.807) is 36.1 Å². The standard InChI is InChI=1S/C33H29N2O/c1-20-13-28(26-16-25(17-34-18-26)24-9-7-6-8-10-24)32-29(14-20)27-12-11-21(2)31(33(27)36-32)30-15-22(3)23(4)19-35(30)5/h6-19H,1-5H3/q+1/i1D3,3D3,4D3. The molecule has 3 aromatic heterocycles. The summed E-state index contributed by atoms with van der Waals surface area (Å²) < 4.78 is 81.1. The second kappa shape index (κ2) is 8.46. The number of fused-ring (bicyclic) bond motifs is 3. The Morgan fingerprint density at radius 3 is 2.39 bits per heavy atom. The Hall–Kier alpha value is -4.24. The molecule has 6 rings (SSSR count). The molecule has 0 spiro atoms. The van der Waals surface area contributed by atoms with Crippen LogP contribution in [0.4, 0.5) is 0 Å². The molecular weight excluding hydrogens is 440 g/mol. The van der Waals surface area contributed by atoms with Crippen molar-refractivity contribution in [1.29, 1.82) is 0 Å². The van der Waals surface area contributed by atoms with E-state index < -0.39 is 20.6 Å². The second-order valence-electron chi connectivity index (χ2n) is 9.06. The largest absolute Gasteiger partial charge is 0.454 e. The first kappa shape index (κ1) is 14.4. The minimum atomic E-state index is -2.68. The van der Waals surface area contributed by atoms with Gasteiger partial charge in [0, 0.05) is 63.8 Å². The molecule has 3 heteroatoms. The van der Waals surface area contributed by atoms with E-state index in [9.17, 15) is 0 Å². The van der Waals surface area contributed by atoms with E-state index in [4.69, 9.17) is 16.8 Å². The van der Waals surface area contributed by atoms with E-state index in [1.165, 1.54) is 12.3 Å². The van der Waals surface area contributed by atoms with Crippen LogP contribution < -0.4 is 4.57 Å². The van der Waals surface area contributed by atoms with E-state index in [2.05, 4.69) is 4.98 Å². The maximum absolute atomic E-state index is 8.22. The first-order chi connectivity index (χ1) is 21.0. The molecule has 0 saturated carbocycles. The van der Waals surface area contributed by atoms with Gasteiger partial charge in [-0.2, -0.15) is 0 Å². The maximum Gasteiger partial charge on any atom is 0.216 e. The van der Waals surface area contributed by atoms with Crippen LogP contribution in [0.2, 0.25) is 0 Å². The number of aryl methyl sites for hydroxylation is 5. The van der Waals surface area contributed by atoms with Crippen LogP contribution in [0.5, 0.6) is 0 Å². The highest BCUT2D eigenvalue weighted by Gasteiger charge is 2.23. The van der Waals surface area contributed by atoms with Crippen LogP contribution in [-0.4, -0.2) is 4.98 Å². The Kier molecular flexibility index (Phi) is 3.37. The van der Waals surface area contributed by atoms with Gasteiger partial charge < -0.3 is 4.42 Å². The van der Waals surface area contributed by atoms with Crippen LogP contribution in [0.15, 0.2) is 89.7 Å². The number of pyridine rings is 2. The molecule has 0 aliphatic carbocycles. The molecule has 0 unspecified atom stereocenters. The van der Waals surface area contributed by atoms with Gasteiger partial charge in [0.1, 0.15) is 18.2 Å². The third kappa shape index (κ3) is 3.59. The van der Waals surface area contributed by atoms with Gasteiger partial charge in [0.15, 0.2) is 6.20 Å². The molecule has 3 aromatic carbocycles. The van der Waals surface area contributed by atoms with Gasteiger partial charge in [0.25, 0.3) is 0 Å². The summed E-state index contributed by atoms with van der Waals surface area (Å²) in [6.45, 7) is -5.86. The Morgan fingerprint density at radius 2 is 1.58 bits per heavy atom. The summed E-state index contributed by atoms with van der Waals surface area (Å²) in [5, 5.41) is 1.22. The lowest BCUT2D eigenvalue weighted by Gasteiger charge is -2.08. The quantitative estimate of drug-likeness (QED) is 0.241. The van der Waals surface area contributed by atoms with Gasteiger partial charge >= 0.3 is 0 Å². The SMILES string of the molecule is [2H]C([2H])([2H])c1cc(-c2cncc(-c3ccccc3)c2)c2oc3c(-c4cc(C([2H])([2H])[2H])c(C([2H])([2H])[2H])c[n+]4C)c(C)ccc3c2c1. The lowest BCUT2D eigenvalue weighted by atomic mass is 9.96. The average Bonchev–Trinajstić information content (AvgIpc) is 3.34. The average molecular weight is 479 g/mol. The lowest BCUT2D eigenvalue weighted by Crippen LogP contribution is -2.31. The van der Waals surface area contributed by atoms with Crippen LogP contribution in [0.3, 0.4) is 0 Å².